The summed E-state index contributed by atoms with van der Waals surface area (Å²) in [5, 5.41) is 1.03. The number of carbonyl (C=O) groups is 2. The van der Waals surface area contributed by atoms with Crippen molar-refractivity contribution >= 4 is 33.4 Å². The van der Waals surface area contributed by atoms with Crippen LogP contribution in [0.25, 0.3) is 10.1 Å². The van der Waals surface area contributed by atoms with E-state index >= 15 is 0 Å². The summed E-state index contributed by atoms with van der Waals surface area (Å²) in [6.07, 6.45) is 11.4. The molecule has 0 radical (unpaired) electrons. The Morgan fingerprint density at radius 2 is 1.82 bits per heavy atom. The molecule has 3 fully saturated rings. The highest BCUT2D eigenvalue weighted by Gasteiger charge is 2.82. The first kappa shape index (κ1) is 22.2. The van der Waals surface area contributed by atoms with Crippen LogP contribution < -0.4 is 11.5 Å². The van der Waals surface area contributed by atoms with Gasteiger partial charge in [-0.3, -0.25) is 9.59 Å². The summed E-state index contributed by atoms with van der Waals surface area (Å²) < 4.78 is 5.58. The Kier molecular flexibility index (Phi) is 4.98. The molecule has 7 heteroatoms. The number of likely N-dealkylation sites (tertiary alicyclic amines) is 1. The lowest BCUT2D eigenvalue weighted by Gasteiger charge is -2.48. The van der Waals surface area contributed by atoms with Crippen LogP contribution >= 0.6 is 11.5 Å². The van der Waals surface area contributed by atoms with Crippen LogP contribution in [0.2, 0.25) is 0 Å². The second-order valence-corrected chi connectivity index (χ2v) is 11.9. The largest absolute Gasteiger partial charge is 0.369 e. The summed E-state index contributed by atoms with van der Waals surface area (Å²) in [6, 6.07) is 6.12. The zero-order chi connectivity index (χ0) is 23.7. The lowest BCUT2D eigenvalue weighted by Crippen LogP contribution is -2.62. The second kappa shape index (κ2) is 7.62. The van der Waals surface area contributed by atoms with E-state index in [1.165, 1.54) is 24.4 Å². The predicted molar refractivity (Wildman–Crippen MR) is 134 cm³/mol. The van der Waals surface area contributed by atoms with Crippen molar-refractivity contribution in [3.63, 3.8) is 0 Å². The van der Waals surface area contributed by atoms with E-state index in [9.17, 15) is 9.59 Å². The average Bonchev–Trinajstić information content (AvgIpc) is 3.10. The quantitative estimate of drug-likeness (QED) is 0.446. The number of benzene rings is 1. The van der Waals surface area contributed by atoms with Gasteiger partial charge in [0.2, 0.25) is 11.8 Å². The molecule has 2 heterocycles. The van der Waals surface area contributed by atoms with Gasteiger partial charge in [0.25, 0.3) is 0 Å². The molecule has 4 atom stereocenters. The Balaban J connectivity index is 1.47. The maximum atomic E-state index is 13.7. The van der Waals surface area contributed by atoms with Crippen LogP contribution in [0.5, 0.6) is 0 Å². The van der Waals surface area contributed by atoms with E-state index in [4.69, 9.17) is 11.5 Å². The number of hydrogen-bond donors (Lipinski definition) is 2. The monoisotopic (exact) mass is 478 g/mol. The van der Waals surface area contributed by atoms with Crippen LogP contribution in [0.15, 0.2) is 30.4 Å². The van der Waals surface area contributed by atoms with Gasteiger partial charge >= 0.3 is 0 Å². The molecule has 6 nitrogen and oxygen atoms in total. The molecule has 2 amide bonds. The SMILES string of the molecule is Cc1nsc2ccc([C@]3(C(N)=O)[C@H]4C=C[C@H](C45CC5)[C@@]3(CCCCN3CCCC3)C(N)=O)cc12. The number of nitrogens with two attached hydrogens (primary N) is 2. The minimum Gasteiger partial charge on any atom is -0.369 e. The molecule has 1 spiro atoms. The molecular formula is C27H34N4O2S. The van der Waals surface area contributed by atoms with Gasteiger partial charge in [0.05, 0.1) is 21.2 Å². The highest BCUT2D eigenvalue weighted by atomic mass is 32.1. The third-order valence-electron chi connectivity index (χ3n) is 9.69. The molecule has 0 unspecified atom stereocenters. The summed E-state index contributed by atoms with van der Waals surface area (Å²) in [4.78, 5) is 29.8. The first-order valence-electron chi connectivity index (χ1n) is 12.7. The van der Waals surface area contributed by atoms with Crippen LogP contribution in [0.4, 0.5) is 0 Å². The average molecular weight is 479 g/mol. The van der Waals surface area contributed by atoms with Crippen molar-refractivity contribution in [2.45, 2.75) is 57.3 Å². The topological polar surface area (TPSA) is 102 Å². The maximum Gasteiger partial charge on any atom is 0.229 e. The lowest BCUT2D eigenvalue weighted by atomic mass is 9.52. The summed E-state index contributed by atoms with van der Waals surface area (Å²) >= 11 is 1.46. The number of carbonyl (C=O) groups excluding carboxylic acids is 2. The first-order valence-corrected chi connectivity index (χ1v) is 13.5. The standard InChI is InChI=1S/C27H34N4O2S/c1-17-19-16-18(6-7-20(19)34-30-17)27(24(29)33)22-9-8-21(25(22)11-12-25)26(27,23(28)32)10-2-3-13-31-14-4-5-15-31/h6-9,16,21-22H,2-5,10-15H2,1H3,(H2,28,32)(H2,29,33)/t21-,22+,26+,27-/m1/s1. The summed E-state index contributed by atoms with van der Waals surface area (Å²) in [5.41, 5.74) is 12.3. The Bertz CT molecular complexity index is 1190. The highest BCUT2D eigenvalue weighted by molar-refractivity contribution is 7.13. The molecule has 6 rings (SSSR count). The molecule has 2 bridgehead atoms. The Hall–Kier alpha value is -2.25. The van der Waals surface area contributed by atoms with Crippen molar-refractivity contribution in [1.82, 2.24) is 9.27 Å². The maximum absolute atomic E-state index is 13.7. The van der Waals surface area contributed by atoms with Gasteiger partial charge < -0.3 is 16.4 Å². The minimum atomic E-state index is -1.12. The minimum absolute atomic E-state index is 0.0285. The number of fused-ring (bicyclic) bond motifs is 1. The van der Waals surface area contributed by atoms with Gasteiger partial charge in [-0.1, -0.05) is 24.6 Å². The third-order valence-corrected chi connectivity index (χ3v) is 10.6. The molecule has 4 aliphatic rings. The Morgan fingerprint density at radius 3 is 2.50 bits per heavy atom. The van der Waals surface area contributed by atoms with Crippen LogP contribution in [0.3, 0.4) is 0 Å². The van der Waals surface area contributed by atoms with E-state index < -0.39 is 16.7 Å². The van der Waals surface area contributed by atoms with Crippen molar-refractivity contribution in [1.29, 1.82) is 0 Å². The molecule has 2 aromatic rings. The molecule has 2 saturated carbocycles. The fourth-order valence-electron chi connectivity index (χ4n) is 8.14. The Morgan fingerprint density at radius 1 is 1.09 bits per heavy atom. The molecular weight excluding hydrogens is 444 g/mol. The smallest absolute Gasteiger partial charge is 0.229 e. The molecule has 1 aromatic carbocycles. The molecule has 34 heavy (non-hydrogen) atoms. The van der Waals surface area contributed by atoms with Gasteiger partial charge in [-0.2, -0.15) is 4.37 Å². The number of unbranched alkanes of at least 4 members (excludes halogenated alkanes) is 1. The van der Waals surface area contributed by atoms with Gasteiger partial charge in [-0.25, -0.2) is 0 Å². The molecule has 1 aliphatic heterocycles. The normalized spacial score (nSPS) is 33.3. The van der Waals surface area contributed by atoms with Crippen LogP contribution in [-0.4, -0.2) is 40.7 Å². The highest BCUT2D eigenvalue weighted by Crippen LogP contribution is 2.80. The fourth-order valence-corrected chi connectivity index (χ4v) is 8.91. The van der Waals surface area contributed by atoms with Crippen molar-refractivity contribution in [3.8, 4) is 0 Å². The molecule has 1 aromatic heterocycles. The van der Waals surface area contributed by atoms with E-state index in [0.29, 0.717) is 6.42 Å². The predicted octanol–water partition coefficient (Wildman–Crippen LogP) is 3.66. The van der Waals surface area contributed by atoms with Crippen molar-refractivity contribution < 1.29 is 9.59 Å². The zero-order valence-electron chi connectivity index (χ0n) is 19.9. The van der Waals surface area contributed by atoms with Gasteiger partial charge in [-0.15, -0.1) is 0 Å². The number of primary amides is 2. The van der Waals surface area contributed by atoms with E-state index in [-0.39, 0.29) is 23.2 Å². The first-order chi connectivity index (χ1) is 16.4. The van der Waals surface area contributed by atoms with E-state index in [1.54, 1.807) is 0 Å². The van der Waals surface area contributed by atoms with Crippen molar-refractivity contribution in [2.24, 2.45) is 34.1 Å². The number of nitrogens with zero attached hydrogens (tertiary/aromatic N) is 2. The van der Waals surface area contributed by atoms with Crippen LogP contribution in [0, 0.1) is 29.6 Å². The number of aromatic nitrogens is 1. The van der Waals surface area contributed by atoms with Crippen LogP contribution in [0.1, 0.15) is 56.2 Å². The fraction of sp³-hybridized carbons (Fsp3) is 0.593. The van der Waals surface area contributed by atoms with E-state index in [1.807, 2.05) is 19.1 Å². The second-order valence-electron chi connectivity index (χ2n) is 11.1. The number of rotatable bonds is 8. The lowest BCUT2D eigenvalue weighted by molar-refractivity contribution is -0.143. The summed E-state index contributed by atoms with van der Waals surface area (Å²) in [5.74, 6) is -0.887. The Labute approximate surface area is 204 Å². The third kappa shape index (κ3) is 2.68. The van der Waals surface area contributed by atoms with E-state index in [2.05, 4.69) is 27.5 Å². The summed E-state index contributed by atoms with van der Waals surface area (Å²) in [7, 11) is 0. The number of aryl methyl sites for hydroxylation is 1. The molecule has 3 aliphatic carbocycles. The van der Waals surface area contributed by atoms with Crippen LogP contribution in [-0.2, 0) is 15.0 Å². The molecule has 4 N–H and O–H groups in total. The zero-order valence-corrected chi connectivity index (χ0v) is 20.7. The summed E-state index contributed by atoms with van der Waals surface area (Å²) in [6.45, 7) is 5.36. The van der Waals surface area contributed by atoms with Gasteiger partial charge in [0.15, 0.2) is 0 Å². The number of hydrogen-bond acceptors (Lipinski definition) is 5. The van der Waals surface area contributed by atoms with Crippen molar-refractivity contribution in [3.05, 3.63) is 41.6 Å². The number of amides is 2. The number of allylic oxidation sites excluding steroid dienone is 2. The van der Waals surface area contributed by atoms with Crippen molar-refractivity contribution in [2.75, 3.05) is 19.6 Å². The van der Waals surface area contributed by atoms with Gasteiger partial charge in [-0.05, 0) is 106 Å². The van der Waals surface area contributed by atoms with E-state index in [0.717, 1.165) is 66.7 Å². The molecule has 1 saturated heterocycles. The molecule has 180 valence electrons. The van der Waals surface area contributed by atoms with Gasteiger partial charge in [0.1, 0.15) is 0 Å². The van der Waals surface area contributed by atoms with Gasteiger partial charge in [0, 0.05) is 11.3 Å².